The van der Waals surface area contributed by atoms with Gasteiger partial charge in [0, 0.05) is 38.3 Å². The molecule has 0 aromatic heterocycles. The molecule has 1 aromatic carbocycles. The zero-order chi connectivity index (χ0) is 21.1. The molecule has 0 radical (unpaired) electrons. The lowest BCUT2D eigenvalue weighted by molar-refractivity contribution is 0.127. The molecule has 2 aliphatic heterocycles. The molecule has 1 unspecified atom stereocenters. The average molecular weight is 417 g/mol. The Labute approximate surface area is 182 Å². The van der Waals surface area contributed by atoms with Crippen molar-refractivity contribution in [1.82, 2.24) is 15.5 Å². The molecule has 168 valence electrons. The summed E-state index contributed by atoms with van der Waals surface area (Å²) in [6, 6.07) is 8.71. The number of aliphatic hydroxyl groups excluding tert-OH is 1. The maximum absolute atomic E-state index is 9.46. The summed E-state index contributed by atoms with van der Waals surface area (Å²) in [5.74, 6) is 0.839. The number of nitrogens with one attached hydrogen (secondary N) is 2. The van der Waals surface area contributed by atoms with Gasteiger partial charge in [0.2, 0.25) is 0 Å². The maximum Gasteiger partial charge on any atom is 0.191 e. The largest absolute Gasteiger partial charge is 0.396 e. The summed E-state index contributed by atoms with van der Waals surface area (Å²) in [4.78, 5) is 7.48. The van der Waals surface area contributed by atoms with Gasteiger partial charge < -0.3 is 20.5 Å². The number of rotatable bonds is 9. The standard InChI is InChI=1S/C24H40N4O2/c1-2-25-23(27-19-24(11-15-29)12-16-30-20-24)26-17-21-9-5-6-10-22(21)18-28-13-7-3-4-8-14-28/h5-6,9-10,29H,2-4,7-8,11-20H2,1H3,(H2,25,26,27). The van der Waals surface area contributed by atoms with Gasteiger partial charge in [0.15, 0.2) is 5.96 Å². The van der Waals surface area contributed by atoms with E-state index in [0.29, 0.717) is 13.2 Å². The van der Waals surface area contributed by atoms with Gasteiger partial charge in [-0.15, -0.1) is 0 Å². The molecule has 0 saturated carbocycles. The van der Waals surface area contributed by atoms with Crippen molar-refractivity contribution in [2.45, 2.75) is 58.5 Å². The van der Waals surface area contributed by atoms with Crippen molar-refractivity contribution in [2.24, 2.45) is 10.4 Å². The molecule has 2 fully saturated rings. The van der Waals surface area contributed by atoms with Crippen LogP contribution >= 0.6 is 0 Å². The molecule has 1 atom stereocenters. The minimum atomic E-state index is 0.00954. The Morgan fingerprint density at radius 3 is 2.57 bits per heavy atom. The molecular formula is C24H40N4O2. The monoisotopic (exact) mass is 416 g/mol. The van der Waals surface area contributed by atoms with E-state index < -0.39 is 0 Å². The van der Waals surface area contributed by atoms with Gasteiger partial charge in [-0.2, -0.15) is 0 Å². The molecule has 0 bridgehead atoms. The van der Waals surface area contributed by atoms with Crippen LogP contribution in [0.4, 0.5) is 0 Å². The van der Waals surface area contributed by atoms with Gasteiger partial charge in [-0.3, -0.25) is 4.90 Å². The second-order valence-electron chi connectivity index (χ2n) is 8.78. The highest BCUT2D eigenvalue weighted by Gasteiger charge is 2.34. The molecule has 0 aliphatic carbocycles. The molecular weight excluding hydrogens is 376 g/mol. The number of benzene rings is 1. The summed E-state index contributed by atoms with van der Waals surface area (Å²) in [6.45, 7) is 9.47. The number of hydrogen-bond donors (Lipinski definition) is 3. The Morgan fingerprint density at radius 2 is 1.90 bits per heavy atom. The Hall–Kier alpha value is -1.63. The lowest BCUT2D eigenvalue weighted by Gasteiger charge is -2.27. The number of ether oxygens (including phenoxy) is 1. The highest BCUT2D eigenvalue weighted by molar-refractivity contribution is 5.79. The summed E-state index contributed by atoms with van der Waals surface area (Å²) in [5, 5.41) is 16.3. The van der Waals surface area contributed by atoms with Crippen LogP contribution in [0.2, 0.25) is 0 Å². The fourth-order valence-corrected chi connectivity index (χ4v) is 4.49. The first-order valence-electron chi connectivity index (χ1n) is 11.7. The van der Waals surface area contributed by atoms with Crippen molar-refractivity contribution in [2.75, 3.05) is 46.0 Å². The molecule has 0 spiro atoms. The summed E-state index contributed by atoms with van der Waals surface area (Å²) < 4.78 is 5.62. The minimum absolute atomic E-state index is 0.00954. The first-order valence-corrected chi connectivity index (χ1v) is 11.7. The number of hydrogen-bond acceptors (Lipinski definition) is 4. The minimum Gasteiger partial charge on any atom is -0.396 e. The topological polar surface area (TPSA) is 69.1 Å². The van der Waals surface area contributed by atoms with E-state index in [1.807, 2.05) is 0 Å². The van der Waals surface area contributed by atoms with Crippen molar-refractivity contribution in [3.8, 4) is 0 Å². The van der Waals surface area contributed by atoms with Crippen molar-refractivity contribution in [3.63, 3.8) is 0 Å². The smallest absolute Gasteiger partial charge is 0.191 e. The molecule has 2 saturated heterocycles. The van der Waals surface area contributed by atoms with Crippen LogP contribution in [0.1, 0.15) is 56.6 Å². The van der Waals surface area contributed by atoms with Crippen LogP contribution in [-0.4, -0.2) is 62.0 Å². The van der Waals surface area contributed by atoms with Crippen molar-refractivity contribution in [3.05, 3.63) is 35.4 Å². The van der Waals surface area contributed by atoms with Crippen LogP contribution in [0.25, 0.3) is 0 Å². The van der Waals surface area contributed by atoms with E-state index in [4.69, 9.17) is 9.73 Å². The highest BCUT2D eigenvalue weighted by Crippen LogP contribution is 2.31. The highest BCUT2D eigenvalue weighted by atomic mass is 16.5. The van der Waals surface area contributed by atoms with Crippen LogP contribution in [0.3, 0.4) is 0 Å². The van der Waals surface area contributed by atoms with Crippen LogP contribution in [0, 0.1) is 5.41 Å². The van der Waals surface area contributed by atoms with Crippen molar-refractivity contribution < 1.29 is 9.84 Å². The van der Waals surface area contributed by atoms with E-state index in [0.717, 1.165) is 45.0 Å². The zero-order valence-corrected chi connectivity index (χ0v) is 18.7. The third-order valence-corrected chi connectivity index (χ3v) is 6.42. The first kappa shape index (κ1) is 23.0. The van der Waals surface area contributed by atoms with E-state index in [9.17, 15) is 5.11 Å². The molecule has 2 heterocycles. The van der Waals surface area contributed by atoms with Crippen LogP contribution < -0.4 is 10.6 Å². The van der Waals surface area contributed by atoms with Gasteiger partial charge in [-0.05, 0) is 56.8 Å². The number of aliphatic hydroxyl groups is 1. The van der Waals surface area contributed by atoms with Gasteiger partial charge >= 0.3 is 0 Å². The molecule has 3 N–H and O–H groups in total. The summed E-state index contributed by atoms with van der Waals surface area (Å²) in [6.07, 6.45) is 7.10. The second kappa shape index (κ2) is 12.3. The van der Waals surface area contributed by atoms with Gasteiger partial charge in [-0.25, -0.2) is 4.99 Å². The third-order valence-electron chi connectivity index (χ3n) is 6.42. The maximum atomic E-state index is 9.46. The average Bonchev–Trinajstić information content (AvgIpc) is 3.06. The van der Waals surface area contributed by atoms with Crippen LogP contribution in [0.5, 0.6) is 0 Å². The van der Waals surface area contributed by atoms with E-state index in [1.165, 1.54) is 49.9 Å². The molecule has 6 nitrogen and oxygen atoms in total. The number of nitrogens with zero attached hydrogens (tertiary/aromatic N) is 2. The summed E-state index contributed by atoms with van der Waals surface area (Å²) in [7, 11) is 0. The second-order valence-corrected chi connectivity index (χ2v) is 8.78. The number of guanidine groups is 1. The predicted octanol–water partition coefficient (Wildman–Crippen LogP) is 2.91. The van der Waals surface area contributed by atoms with E-state index >= 15 is 0 Å². The summed E-state index contributed by atoms with van der Waals surface area (Å²) in [5.41, 5.74) is 2.70. The van der Waals surface area contributed by atoms with Crippen LogP contribution in [0.15, 0.2) is 29.3 Å². The van der Waals surface area contributed by atoms with Crippen LogP contribution in [-0.2, 0) is 17.8 Å². The number of likely N-dealkylation sites (tertiary alicyclic amines) is 1. The van der Waals surface area contributed by atoms with Gasteiger partial charge in [0.25, 0.3) is 0 Å². The Balaban J connectivity index is 1.62. The quantitative estimate of drug-likeness (QED) is 0.427. The van der Waals surface area contributed by atoms with E-state index in [1.54, 1.807) is 0 Å². The molecule has 1 aromatic rings. The Morgan fingerprint density at radius 1 is 1.13 bits per heavy atom. The lowest BCUT2D eigenvalue weighted by Crippen LogP contribution is -2.44. The van der Waals surface area contributed by atoms with Gasteiger partial charge in [0.1, 0.15) is 0 Å². The molecule has 2 aliphatic rings. The summed E-state index contributed by atoms with van der Waals surface area (Å²) >= 11 is 0. The first-order chi connectivity index (χ1) is 14.7. The fraction of sp³-hybridized carbons (Fsp3) is 0.708. The number of aliphatic imine (C=N–C) groups is 1. The molecule has 3 rings (SSSR count). The van der Waals surface area contributed by atoms with Crippen molar-refractivity contribution >= 4 is 5.96 Å². The van der Waals surface area contributed by atoms with E-state index in [-0.39, 0.29) is 12.0 Å². The van der Waals surface area contributed by atoms with Gasteiger partial charge in [0.05, 0.1) is 13.2 Å². The predicted molar refractivity (Wildman–Crippen MR) is 123 cm³/mol. The van der Waals surface area contributed by atoms with Crippen molar-refractivity contribution in [1.29, 1.82) is 0 Å². The third kappa shape index (κ3) is 6.96. The lowest BCUT2D eigenvalue weighted by atomic mass is 9.84. The van der Waals surface area contributed by atoms with E-state index in [2.05, 4.69) is 46.7 Å². The fourth-order valence-electron chi connectivity index (χ4n) is 4.49. The molecule has 0 amide bonds. The normalized spacial score (nSPS) is 23.3. The van der Waals surface area contributed by atoms with Gasteiger partial charge in [-0.1, -0.05) is 37.1 Å². The zero-order valence-electron chi connectivity index (χ0n) is 18.7. The molecule has 6 heteroatoms. The Kier molecular flexibility index (Phi) is 9.43. The molecule has 30 heavy (non-hydrogen) atoms. The Bertz CT molecular complexity index is 650. The SMILES string of the molecule is CCNC(=NCc1ccccc1CN1CCCCCC1)NCC1(CCO)CCOC1.